The van der Waals surface area contributed by atoms with Gasteiger partial charge in [-0.05, 0) is 18.4 Å². The van der Waals surface area contributed by atoms with Crippen LogP contribution in [0.2, 0.25) is 0 Å². The first kappa shape index (κ1) is 14.6. The van der Waals surface area contributed by atoms with Crippen LogP contribution in [0.1, 0.15) is 45.7 Å². The lowest BCUT2D eigenvalue weighted by Crippen LogP contribution is -2.14. The minimum Gasteiger partial charge on any atom is -0.478 e. The highest BCUT2D eigenvalue weighted by Gasteiger charge is 2.28. The van der Waals surface area contributed by atoms with E-state index in [2.05, 4.69) is 0 Å². The highest BCUT2D eigenvalue weighted by Crippen LogP contribution is 2.30. The predicted octanol–water partition coefficient (Wildman–Crippen LogP) is 2.12. The number of hydrogen-bond acceptors (Lipinski definition) is 4. The van der Waals surface area contributed by atoms with E-state index in [-0.39, 0.29) is 35.1 Å². The van der Waals surface area contributed by atoms with Gasteiger partial charge in [-0.3, -0.25) is 10.1 Å². The van der Waals surface area contributed by atoms with Crippen molar-refractivity contribution < 1.29 is 24.7 Å². The van der Waals surface area contributed by atoms with E-state index in [4.69, 9.17) is 5.11 Å². The Morgan fingerprint density at radius 1 is 1.16 bits per heavy atom. The molecule has 0 bridgehead atoms. The van der Waals surface area contributed by atoms with E-state index in [1.54, 1.807) is 13.8 Å². The van der Waals surface area contributed by atoms with Crippen molar-refractivity contribution in [1.29, 1.82) is 0 Å². The molecule has 0 aromatic heterocycles. The Morgan fingerprint density at radius 3 is 2.00 bits per heavy atom. The molecule has 0 saturated heterocycles. The maximum Gasteiger partial charge on any atom is 0.336 e. The number of carbonyl (C=O) groups is 2. The summed E-state index contributed by atoms with van der Waals surface area (Å²) in [7, 11) is 0. The van der Waals surface area contributed by atoms with Gasteiger partial charge in [0.1, 0.15) is 0 Å². The zero-order chi connectivity index (χ0) is 14.7. The van der Waals surface area contributed by atoms with E-state index in [9.17, 15) is 24.8 Å². The molecule has 102 valence electrons. The molecule has 7 nitrogen and oxygen atoms in total. The molecule has 0 aliphatic carbocycles. The van der Waals surface area contributed by atoms with Crippen molar-refractivity contribution in [3.8, 4) is 0 Å². The number of hydrogen-bond donors (Lipinski definition) is 2. The van der Waals surface area contributed by atoms with E-state index < -0.39 is 22.5 Å². The highest BCUT2D eigenvalue weighted by molar-refractivity contribution is 5.99. The van der Waals surface area contributed by atoms with Gasteiger partial charge in [0.05, 0.1) is 16.1 Å². The molecule has 0 aliphatic heterocycles. The van der Waals surface area contributed by atoms with E-state index >= 15 is 0 Å². The first-order valence-electron chi connectivity index (χ1n) is 5.64. The van der Waals surface area contributed by atoms with Crippen LogP contribution in [0.4, 0.5) is 5.69 Å². The Balaban J connectivity index is 3.87. The molecule has 1 rings (SSSR count). The van der Waals surface area contributed by atoms with Crippen molar-refractivity contribution in [1.82, 2.24) is 0 Å². The number of rotatable bonds is 5. The van der Waals surface area contributed by atoms with Crippen molar-refractivity contribution in [3.63, 3.8) is 0 Å². The van der Waals surface area contributed by atoms with E-state index in [0.29, 0.717) is 0 Å². The molecule has 2 N–H and O–H groups in total. The molecule has 1 aromatic carbocycles. The minimum absolute atomic E-state index is 0.0550. The zero-order valence-electron chi connectivity index (χ0n) is 10.5. The molecule has 0 saturated carbocycles. The molecule has 0 unspecified atom stereocenters. The predicted molar refractivity (Wildman–Crippen MR) is 65.8 cm³/mol. The summed E-state index contributed by atoms with van der Waals surface area (Å²) in [6.07, 6.45) is 0.319. The molecule has 0 radical (unpaired) electrons. The smallest absolute Gasteiger partial charge is 0.336 e. The third kappa shape index (κ3) is 2.54. The van der Waals surface area contributed by atoms with Gasteiger partial charge in [-0.1, -0.05) is 13.8 Å². The summed E-state index contributed by atoms with van der Waals surface area (Å²) in [6, 6.07) is 0.937. The summed E-state index contributed by atoms with van der Waals surface area (Å²) >= 11 is 0. The van der Waals surface area contributed by atoms with Gasteiger partial charge in [-0.25, -0.2) is 9.59 Å². The van der Waals surface area contributed by atoms with Gasteiger partial charge in [-0.15, -0.1) is 0 Å². The largest absolute Gasteiger partial charge is 0.478 e. The first-order valence-corrected chi connectivity index (χ1v) is 5.64. The van der Waals surface area contributed by atoms with Gasteiger partial charge in [0.2, 0.25) is 0 Å². The van der Waals surface area contributed by atoms with Crippen LogP contribution >= 0.6 is 0 Å². The number of nitro benzene ring substituents is 1. The van der Waals surface area contributed by atoms with Crippen LogP contribution in [0, 0.1) is 10.1 Å². The second-order valence-electron chi connectivity index (χ2n) is 3.85. The number of carboxylic acids is 2. The second kappa shape index (κ2) is 5.47. The van der Waals surface area contributed by atoms with Crippen molar-refractivity contribution in [2.45, 2.75) is 26.7 Å². The van der Waals surface area contributed by atoms with Gasteiger partial charge >= 0.3 is 11.9 Å². The average molecular weight is 267 g/mol. The third-order valence-corrected chi connectivity index (χ3v) is 2.87. The van der Waals surface area contributed by atoms with Crippen LogP contribution in [-0.4, -0.2) is 27.1 Å². The third-order valence-electron chi connectivity index (χ3n) is 2.87. The first-order chi connectivity index (χ1) is 8.84. The van der Waals surface area contributed by atoms with E-state index in [0.717, 1.165) is 6.07 Å². The number of carboxylic acid groups (broad SMARTS) is 2. The van der Waals surface area contributed by atoms with Crippen LogP contribution in [0.15, 0.2) is 6.07 Å². The van der Waals surface area contributed by atoms with Gasteiger partial charge in [0.15, 0.2) is 0 Å². The molecule has 0 atom stereocenters. The van der Waals surface area contributed by atoms with E-state index in [1.165, 1.54) is 0 Å². The number of benzene rings is 1. The Morgan fingerprint density at radius 2 is 1.68 bits per heavy atom. The van der Waals surface area contributed by atoms with Crippen LogP contribution in [0.5, 0.6) is 0 Å². The maximum absolute atomic E-state index is 11.3. The lowest BCUT2D eigenvalue weighted by Gasteiger charge is -2.12. The van der Waals surface area contributed by atoms with Crippen LogP contribution in [0.25, 0.3) is 0 Å². The van der Waals surface area contributed by atoms with E-state index in [1.807, 2.05) is 0 Å². The second-order valence-corrected chi connectivity index (χ2v) is 3.85. The van der Waals surface area contributed by atoms with Gasteiger partial charge < -0.3 is 10.2 Å². The van der Waals surface area contributed by atoms with Crippen LogP contribution < -0.4 is 0 Å². The summed E-state index contributed by atoms with van der Waals surface area (Å²) in [6.45, 7) is 3.20. The van der Waals surface area contributed by atoms with Crippen molar-refractivity contribution in [2.24, 2.45) is 0 Å². The monoisotopic (exact) mass is 267 g/mol. The van der Waals surface area contributed by atoms with Crippen LogP contribution in [0.3, 0.4) is 0 Å². The summed E-state index contributed by atoms with van der Waals surface area (Å²) in [4.78, 5) is 32.6. The van der Waals surface area contributed by atoms with Crippen molar-refractivity contribution in [3.05, 3.63) is 38.4 Å². The fraction of sp³-hybridized carbons (Fsp3) is 0.333. The minimum atomic E-state index is -1.37. The number of aromatic carboxylic acids is 2. The highest BCUT2D eigenvalue weighted by atomic mass is 16.6. The summed E-state index contributed by atoms with van der Waals surface area (Å²) < 4.78 is 0. The SMILES string of the molecule is CCc1c(C(=O)O)cc([N+](=O)[O-])c(CC)c1C(=O)O. The van der Waals surface area contributed by atoms with Gasteiger partial charge in [0, 0.05) is 11.6 Å². The zero-order valence-corrected chi connectivity index (χ0v) is 10.5. The van der Waals surface area contributed by atoms with Crippen molar-refractivity contribution >= 4 is 17.6 Å². The summed E-state index contributed by atoms with van der Waals surface area (Å²) in [5.41, 5.74) is -0.892. The normalized spacial score (nSPS) is 10.2. The molecular weight excluding hydrogens is 254 g/mol. The Kier molecular flexibility index (Phi) is 4.21. The molecular formula is C12H13NO6. The molecule has 0 spiro atoms. The Labute approximate surface area is 108 Å². The van der Waals surface area contributed by atoms with Crippen molar-refractivity contribution in [2.75, 3.05) is 0 Å². The fourth-order valence-electron chi connectivity index (χ4n) is 2.09. The number of nitro groups is 1. The molecule has 7 heteroatoms. The standard InChI is InChI=1S/C12H13NO6/c1-3-6-8(11(14)15)5-9(13(18)19)7(4-2)10(6)12(16)17/h5H,3-4H2,1-2H3,(H,14,15)(H,16,17). The molecule has 0 amide bonds. The Hall–Kier alpha value is -2.44. The molecule has 19 heavy (non-hydrogen) atoms. The molecule has 0 heterocycles. The quantitative estimate of drug-likeness (QED) is 0.623. The fourth-order valence-corrected chi connectivity index (χ4v) is 2.09. The van der Waals surface area contributed by atoms with Crippen LogP contribution in [-0.2, 0) is 12.8 Å². The average Bonchev–Trinajstić information content (AvgIpc) is 2.35. The summed E-state index contributed by atoms with van der Waals surface area (Å²) in [5.74, 6) is -2.72. The van der Waals surface area contributed by atoms with Gasteiger partial charge in [-0.2, -0.15) is 0 Å². The topological polar surface area (TPSA) is 118 Å². The number of nitrogens with zero attached hydrogens (tertiary/aromatic N) is 1. The molecule has 1 aromatic rings. The maximum atomic E-state index is 11.3. The summed E-state index contributed by atoms with van der Waals surface area (Å²) in [5, 5.41) is 29.2. The molecule has 0 fully saturated rings. The Bertz CT molecular complexity index is 524. The van der Waals surface area contributed by atoms with Gasteiger partial charge in [0.25, 0.3) is 5.69 Å². The lowest BCUT2D eigenvalue weighted by molar-refractivity contribution is -0.385. The lowest BCUT2D eigenvalue weighted by atomic mass is 9.91. The molecule has 0 aliphatic rings.